The molecule has 0 saturated heterocycles. The molecule has 0 fully saturated rings. The predicted octanol–water partition coefficient (Wildman–Crippen LogP) is 11.5. The van der Waals surface area contributed by atoms with Gasteiger partial charge in [-0.25, -0.2) is 0 Å². The van der Waals surface area contributed by atoms with Crippen LogP contribution in [0.2, 0.25) is 0 Å². The zero-order valence-corrected chi connectivity index (χ0v) is 33.7. The molecule has 282 valence electrons. The molecule has 3 heterocycles. The van der Waals surface area contributed by atoms with Gasteiger partial charge in [-0.1, -0.05) is 164 Å². The third-order valence-electron chi connectivity index (χ3n) is 12.5. The number of hydrogen-bond donors (Lipinski definition) is 0. The number of nitrogens with zero attached hydrogens (tertiary/aromatic N) is 2. The van der Waals surface area contributed by atoms with Crippen LogP contribution < -0.4 is 25.5 Å². The molecule has 0 aliphatic carbocycles. The van der Waals surface area contributed by atoms with Gasteiger partial charge < -0.3 is 13.9 Å². The largest absolute Gasteiger partial charge is 0.458 e. The quantitative estimate of drug-likeness (QED) is 0.154. The van der Waals surface area contributed by atoms with E-state index in [0.29, 0.717) is 0 Å². The fraction of sp³-hybridized carbons (Fsp3) is 0. The molecule has 0 bridgehead atoms. The summed E-state index contributed by atoms with van der Waals surface area (Å²) in [5, 5.41) is 8.83. The van der Waals surface area contributed by atoms with E-state index >= 15 is 0 Å². The van der Waals surface area contributed by atoms with Crippen LogP contribution in [0.15, 0.2) is 231 Å². The Bertz CT molecular complexity index is 3350. The molecule has 4 heteroatoms. The molecule has 0 unspecified atom stereocenters. The van der Waals surface area contributed by atoms with Gasteiger partial charge in [0.05, 0.1) is 16.6 Å². The van der Waals surface area contributed by atoms with Gasteiger partial charge in [0.1, 0.15) is 11.5 Å². The van der Waals surface area contributed by atoms with Crippen molar-refractivity contribution in [2.75, 3.05) is 0 Å². The van der Waals surface area contributed by atoms with E-state index in [9.17, 15) is 0 Å². The Balaban J connectivity index is 1.10. The Kier molecular flexibility index (Phi) is 7.87. The Morgan fingerprint density at radius 2 is 0.933 bits per heavy atom. The molecule has 0 radical (unpaired) electrons. The number of fused-ring (bicyclic) bond motifs is 6. The van der Waals surface area contributed by atoms with E-state index in [-0.39, 0.29) is 0 Å². The lowest BCUT2D eigenvalue weighted by molar-refractivity contribution is 0.487. The van der Waals surface area contributed by atoms with Gasteiger partial charge in [0.15, 0.2) is 8.07 Å². The van der Waals surface area contributed by atoms with Crippen molar-refractivity contribution in [3.05, 3.63) is 231 Å². The van der Waals surface area contributed by atoms with Gasteiger partial charge in [-0.2, -0.15) is 0 Å². The summed E-state index contributed by atoms with van der Waals surface area (Å²) in [5.41, 5.74) is 10.6. The van der Waals surface area contributed by atoms with Gasteiger partial charge in [-0.3, -0.25) is 0 Å². The van der Waals surface area contributed by atoms with Crippen LogP contribution >= 0.6 is 0 Å². The highest BCUT2D eigenvalue weighted by Gasteiger charge is 2.48. The average Bonchev–Trinajstić information content (AvgIpc) is 3.91. The van der Waals surface area contributed by atoms with Crippen molar-refractivity contribution in [1.82, 2.24) is 9.13 Å². The van der Waals surface area contributed by atoms with Crippen LogP contribution in [0.25, 0.3) is 66.3 Å². The van der Waals surface area contributed by atoms with E-state index in [1.165, 1.54) is 75.7 Å². The van der Waals surface area contributed by atoms with Gasteiger partial charge >= 0.3 is 0 Å². The summed E-state index contributed by atoms with van der Waals surface area (Å²) in [6.45, 7) is 0. The van der Waals surface area contributed by atoms with E-state index in [2.05, 4.69) is 240 Å². The van der Waals surface area contributed by atoms with Crippen molar-refractivity contribution in [2.45, 2.75) is 0 Å². The third-order valence-corrected chi connectivity index (χ3v) is 17.3. The first kappa shape index (κ1) is 34.4. The fourth-order valence-electron chi connectivity index (χ4n) is 9.83. The minimum atomic E-state index is -3.01. The summed E-state index contributed by atoms with van der Waals surface area (Å²) < 4.78 is 11.7. The topological polar surface area (TPSA) is 19.1 Å². The molecule has 0 amide bonds. The maximum atomic E-state index is 7.03. The Hall–Kier alpha value is -7.66. The lowest BCUT2D eigenvalue weighted by Gasteiger charge is -2.40. The Labute approximate surface area is 349 Å². The summed E-state index contributed by atoms with van der Waals surface area (Å²) in [7, 11) is -3.01. The number of para-hydroxylation sites is 4. The molecular formula is C56H38N2OSi. The molecule has 0 atom stereocenters. The molecule has 60 heavy (non-hydrogen) atoms. The molecule has 9 aromatic carbocycles. The highest BCUT2D eigenvalue weighted by atomic mass is 28.3. The van der Waals surface area contributed by atoms with Crippen molar-refractivity contribution >= 4 is 61.5 Å². The van der Waals surface area contributed by atoms with E-state index in [1.54, 1.807) is 0 Å². The van der Waals surface area contributed by atoms with Crippen LogP contribution in [0.1, 0.15) is 0 Å². The second-order valence-corrected chi connectivity index (χ2v) is 19.4. The molecular weight excluding hydrogens is 745 g/mol. The zero-order chi connectivity index (χ0) is 39.6. The molecule has 2 aromatic heterocycles. The van der Waals surface area contributed by atoms with Gasteiger partial charge in [0.2, 0.25) is 0 Å². The standard InChI is InChI=1S/C56H38N2OSi/c1-5-16-43(17-6-1)57-35-34-42-36-39(28-31-50(42)57)40-29-32-52-54(37-40)60(45-20-9-3-10-21-45,46-22-11-4-12-23-46)55-38-41(30-33-53(55)59-52)47-25-15-26-49-48-24-13-14-27-51(48)58(56(47)49)44-18-7-2-8-19-44/h1-38H. The monoisotopic (exact) mass is 782 g/mol. The number of ether oxygens (including phenoxy) is 1. The van der Waals surface area contributed by atoms with Crippen molar-refractivity contribution in [3.8, 4) is 45.1 Å². The smallest absolute Gasteiger partial charge is 0.188 e. The summed E-state index contributed by atoms with van der Waals surface area (Å²) in [5.74, 6) is 1.83. The molecule has 3 nitrogen and oxygen atoms in total. The van der Waals surface area contributed by atoms with Crippen LogP contribution in [0, 0.1) is 0 Å². The summed E-state index contributed by atoms with van der Waals surface area (Å²) in [4.78, 5) is 0. The first-order valence-electron chi connectivity index (χ1n) is 20.6. The lowest BCUT2D eigenvalue weighted by Crippen LogP contribution is -2.76. The predicted molar refractivity (Wildman–Crippen MR) is 252 cm³/mol. The van der Waals surface area contributed by atoms with Crippen molar-refractivity contribution in [2.24, 2.45) is 0 Å². The second kappa shape index (κ2) is 13.7. The highest BCUT2D eigenvalue weighted by Crippen LogP contribution is 2.40. The minimum absolute atomic E-state index is 0.915. The molecule has 11 aromatic rings. The van der Waals surface area contributed by atoms with Crippen LogP contribution in [0.4, 0.5) is 0 Å². The number of aromatic nitrogens is 2. The molecule has 0 N–H and O–H groups in total. The van der Waals surface area contributed by atoms with E-state index in [4.69, 9.17) is 4.74 Å². The van der Waals surface area contributed by atoms with Crippen molar-refractivity contribution in [3.63, 3.8) is 0 Å². The van der Waals surface area contributed by atoms with E-state index < -0.39 is 8.07 Å². The van der Waals surface area contributed by atoms with Crippen LogP contribution in [-0.2, 0) is 0 Å². The maximum Gasteiger partial charge on any atom is 0.188 e. The van der Waals surface area contributed by atoms with Crippen LogP contribution in [0.5, 0.6) is 11.5 Å². The SMILES string of the molecule is c1ccc(-n2ccc3cc(-c4ccc5c(c4)[Si](c4ccccc4)(c4ccccc4)c4cc(-c6cccc7c8ccccc8n(-c8ccccc8)c67)ccc4O5)ccc32)cc1. The molecule has 1 aliphatic heterocycles. The maximum absolute atomic E-state index is 7.03. The first-order chi connectivity index (χ1) is 29.8. The van der Waals surface area contributed by atoms with E-state index in [1.807, 2.05) is 0 Å². The normalized spacial score (nSPS) is 12.9. The van der Waals surface area contributed by atoms with Gasteiger partial charge in [0, 0.05) is 39.3 Å². The highest BCUT2D eigenvalue weighted by molar-refractivity contribution is 7.20. The zero-order valence-electron chi connectivity index (χ0n) is 32.7. The number of rotatable bonds is 6. The molecule has 0 saturated carbocycles. The van der Waals surface area contributed by atoms with Crippen LogP contribution in [-0.4, -0.2) is 17.2 Å². The Morgan fingerprint density at radius 1 is 0.383 bits per heavy atom. The fourth-order valence-corrected chi connectivity index (χ4v) is 14.8. The average molecular weight is 783 g/mol. The second-order valence-electron chi connectivity index (χ2n) is 15.7. The minimum Gasteiger partial charge on any atom is -0.458 e. The van der Waals surface area contributed by atoms with Crippen molar-refractivity contribution < 1.29 is 4.74 Å². The number of benzene rings is 9. The van der Waals surface area contributed by atoms with E-state index in [0.717, 1.165) is 22.9 Å². The third kappa shape index (κ3) is 5.21. The Morgan fingerprint density at radius 3 is 1.63 bits per heavy atom. The first-order valence-corrected chi connectivity index (χ1v) is 22.6. The molecule has 12 rings (SSSR count). The van der Waals surface area contributed by atoms with Gasteiger partial charge in [-0.05, 0) is 98.1 Å². The summed E-state index contributed by atoms with van der Waals surface area (Å²) in [6, 6.07) is 82.1. The molecule has 0 spiro atoms. The lowest BCUT2D eigenvalue weighted by atomic mass is 10.0. The van der Waals surface area contributed by atoms with Crippen molar-refractivity contribution in [1.29, 1.82) is 0 Å². The van der Waals surface area contributed by atoms with Crippen LogP contribution in [0.3, 0.4) is 0 Å². The molecule has 1 aliphatic rings. The van der Waals surface area contributed by atoms with Gasteiger partial charge in [-0.15, -0.1) is 0 Å². The summed E-state index contributed by atoms with van der Waals surface area (Å²) in [6.07, 6.45) is 2.17. The summed E-state index contributed by atoms with van der Waals surface area (Å²) >= 11 is 0. The van der Waals surface area contributed by atoms with Gasteiger partial charge in [0.25, 0.3) is 0 Å². The number of hydrogen-bond acceptors (Lipinski definition) is 1.